The van der Waals surface area contributed by atoms with Crippen molar-refractivity contribution in [1.29, 1.82) is 0 Å². The molecule has 1 aliphatic rings. The molecule has 0 aliphatic carbocycles. The Bertz CT molecular complexity index is 939. The molecule has 3 rings (SSSR count). The van der Waals surface area contributed by atoms with E-state index >= 15 is 0 Å². The van der Waals surface area contributed by atoms with Gasteiger partial charge in [-0.25, -0.2) is 9.78 Å². The predicted octanol–water partition coefficient (Wildman–Crippen LogP) is 2.83. The molecule has 8 heteroatoms. The van der Waals surface area contributed by atoms with E-state index in [1.165, 1.54) is 24.9 Å². The first-order valence-corrected chi connectivity index (χ1v) is 9.62. The molecule has 0 bridgehead atoms. The number of rotatable bonds is 5. The number of fused-ring (bicyclic) bond motifs is 1. The number of carbonyl (C=O) groups is 2. The summed E-state index contributed by atoms with van der Waals surface area (Å²) in [6.07, 6.45) is 0.123. The van der Waals surface area contributed by atoms with Gasteiger partial charge in [-0.05, 0) is 18.1 Å². The maximum atomic E-state index is 12.5. The molecule has 2 heterocycles. The van der Waals surface area contributed by atoms with Gasteiger partial charge in [0, 0.05) is 18.2 Å². The van der Waals surface area contributed by atoms with Crippen molar-refractivity contribution >= 4 is 29.3 Å². The zero-order valence-electron chi connectivity index (χ0n) is 15.4. The van der Waals surface area contributed by atoms with Gasteiger partial charge in [-0.15, -0.1) is 0 Å². The van der Waals surface area contributed by atoms with Gasteiger partial charge in [0.05, 0.1) is 30.1 Å². The largest absolute Gasteiger partial charge is 0.465 e. The van der Waals surface area contributed by atoms with Gasteiger partial charge in [-0.2, -0.15) is 0 Å². The maximum Gasteiger partial charge on any atom is 0.339 e. The summed E-state index contributed by atoms with van der Waals surface area (Å²) in [5.41, 5.74) is 1.30. The predicted molar refractivity (Wildman–Crippen MR) is 103 cm³/mol. The van der Waals surface area contributed by atoms with Crippen molar-refractivity contribution in [3.05, 3.63) is 51.9 Å². The topological polar surface area (TPSA) is 90.3 Å². The molecule has 7 nitrogen and oxygen atoms in total. The molecule has 0 spiro atoms. The molecule has 142 valence electrons. The van der Waals surface area contributed by atoms with Crippen LogP contribution in [0.5, 0.6) is 0 Å². The minimum absolute atomic E-state index is 0.123. The van der Waals surface area contributed by atoms with Gasteiger partial charge in [0.2, 0.25) is 5.91 Å². The van der Waals surface area contributed by atoms with Crippen molar-refractivity contribution in [2.45, 2.75) is 37.4 Å². The highest BCUT2D eigenvalue weighted by Gasteiger charge is 2.28. The highest BCUT2D eigenvalue weighted by molar-refractivity contribution is 7.99. The summed E-state index contributed by atoms with van der Waals surface area (Å²) in [6, 6.07) is 7.93. The van der Waals surface area contributed by atoms with Crippen LogP contribution in [0.2, 0.25) is 0 Å². The lowest BCUT2D eigenvalue weighted by Crippen LogP contribution is -2.28. The second kappa shape index (κ2) is 7.96. The van der Waals surface area contributed by atoms with Gasteiger partial charge >= 0.3 is 5.97 Å². The lowest BCUT2D eigenvalue weighted by Gasteiger charge is -2.15. The average Bonchev–Trinajstić information content (AvgIpc) is 3.04. The number of aromatic nitrogens is 2. The number of thioether (sulfide) groups is 1. The SMILES string of the molecule is COC(=O)c1ccccc1NC(=O)C[C@H]1CSc2nc(C(C)C)cc(=O)n21. The molecule has 0 radical (unpaired) electrons. The number of benzene rings is 1. The van der Waals surface area contributed by atoms with Gasteiger partial charge in [0.25, 0.3) is 5.56 Å². The molecule has 2 aromatic rings. The Kier molecular flexibility index (Phi) is 5.65. The van der Waals surface area contributed by atoms with Crippen LogP contribution in [0, 0.1) is 0 Å². The molecule has 1 aliphatic heterocycles. The Balaban J connectivity index is 1.77. The number of esters is 1. The third-order valence-corrected chi connectivity index (χ3v) is 5.43. The molecule has 27 heavy (non-hydrogen) atoms. The summed E-state index contributed by atoms with van der Waals surface area (Å²) in [6.45, 7) is 3.98. The van der Waals surface area contributed by atoms with E-state index < -0.39 is 5.97 Å². The van der Waals surface area contributed by atoms with Crippen molar-refractivity contribution in [3.8, 4) is 0 Å². The van der Waals surface area contributed by atoms with Gasteiger partial charge in [-0.3, -0.25) is 14.2 Å². The van der Waals surface area contributed by atoms with Crippen molar-refractivity contribution < 1.29 is 14.3 Å². The van der Waals surface area contributed by atoms with E-state index in [-0.39, 0.29) is 35.4 Å². The fraction of sp³-hybridized carbons (Fsp3) is 0.368. The van der Waals surface area contributed by atoms with Gasteiger partial charge in [-0.1, -0.05) is 37.7 Å². The van der Waals surface area contributed by atoms with Crippen molar-refractivity contribution in [2.75, 3.05) is 18.2 Å². The molecule has 0 unspecified atom stereocenters. The fourth-order valence-corrected chi connectivity index (χ4v) is 4.07. The normalized spacial score (nSPS) is 15.5. The molecular formula is C19H21N3O4S. The molecule has 0 saturated carbocycles. The number of hydrogen-bond acceptors (Lipinski definition) is 6. The van der Waals surface area contributed by atoms with Crippen LogP contribution in [0.4, 0.5) is 5.69 Å². The second-order valence-corrected chi connectivity index (χ2v) is 7.57. The van der Waals surface area contributed by atoms with E-state index in [9.17, 15) is 14.4 Å². The molecule has 1 aromatic carbocycles. The minimum Gasteiger partial charge on any atom is -0.465 e. The zero-order valence-corrected chi connectivity index (χ0v) is 16.2. The Morgan fingerprint density at radius 2 is 2.11 bits per heavy atom. The van der Waals surface area contributed by atoms with Crippen molar-refractivity contribution in [1.82, 2.24) is 9.55 Å². The van der Waals surface area contributed by atoms with Crippen molar-refractivity contribution in [3.63, 3.8) is 0 Å². The monoisotopic (exact) mass is 387 g/mol. The highest BCUT2D eigenvalue weighted by Crippen LogP contribution is 2.33. The fourth-order valence-electron chi connectivity index (χ4n) is 2.91. The average molecular weight is 387 g/mol. The van der Waals surface area contributed by atoms with E-state index in [1.807, 2.05) is 13.8 Å². The molecule has 1 atom stereocenters. The number of hydrogen-bond donors (Lipinski definition) is 1. The summed E-state index contributed by atoms with van der Waals surface area (Å²) in [5, 5.41) is 3.40. The first-order chi connectivity index (χ1) is 12.9. The van der Waals surface area contributed by atoms with Gasteiger partial charge < -0.3 is 10.1 Å². The number of nitrogens with zero attached hydrogens (tertiary/aromatic N) is 2. The van der Waals surface area contributed by atoms with E-state index in [2.05, 4.69) is 10.3 Å². The van der Waals surface area contributed by atoms with E-state index in [1.54, 1.807) is 28.8 Å². The minimum atomic E-state index is -0.519. The Hall–Kier alpha value is -2.61. The number of carbonyl (C=O) groups excluding carboxylic acids is 2. The maximum absolute atomic E-state index is 12.5. The number of anilines is 1. The summed E-state index contributed by atoms with van der Waals surface area (Å²) in [5.74, 6) is -0.0177. The van der Waals surface area contributed by atoms with Gasteiger partial charge in [0.1, 0.15) is 0 Å². The van der Waals surface area contributed by atoms with Crippen molar-refractivity contribution in [2.24, 2.45) is 0 Å². The molecule has 0 fully saturated rings. The molecular weight excluding hydrogens is 366 g/mol. The van der Waals surface area contributed by atoms with Crippen LogP contribution in [0.25, 0.3) is 0 Å². The number of ether oxygens (including phenoxy) is 1. The Labute approximate surface area is 161 Å². The van der Waals surface area contributed by atoms with E-state index in [0.29, 0.717) is 16.6 Å². The second-order valence-electron chi connectivity index (χ2n) is 6.58. The van der Waals surface area contributed by atoms with Crippen LogP contribution in [0.3, 0.4) is 0 Å². The van der Waals surface area contributed by atoms with E-state index in [4.69, 9.17) is 4.74 Å². The third-order valence-electron chi connectivity index (χ3n) is 4.33. The summed E-state index contributed by atoms with van der Waals surface area (Å²) in [4.78, 5) is 41.4. The lowest BCUT2D eigenvalue weighted by molar-refractivity contribution is -0.116. The smallest absolute Gasteiger partial charge is 0.339 e. The standard InChI is InChI=1S/C19H21N3O4S/c1-11(2)15-9-17(24)22-12(10-27-19(22)21-15)8-16(23)20-14-7-5-4-6-13(14)18(25)26-3/h4-7,9,11-12H,8,10H2,1-3H3,(H,20,23)/t12-/m0/s1. The first-order valence-electron chi connectivity index (χ1n) is 8.64. The highest BCUT2D eigenvalue weighted by atomic mass is 32.2. The van der Waals surface area contributed by atoms with Crippen LogP contribution >= 0.6 is 11.8 Å². The van der Waals surface area contributed by atoms with Crippen LogP contribution in [-0.2, 0) is 9.53 Å². The third kappa shape index (κ3) is 4.05. The molecule has 0 saturated heterocycles. The Morgan fingerprint density at radius 3 is 2.81 bits per heavy atom. The van der Waals surface area contributed by atoms with Crippen LogP contribution in [-0.4, -0.2) is 34.3 Å². The molecule has 1 N–H and O–H groups in total. The summed E-state index contributed by atoms with van der Waals surface area (Å²) in [7, 11) is 1.29. The summed E-state index contributed by atoms with van der Waals surface area (Å²) >= 11 is 1.48. The van der Waals surface area contributed by atoms with Crippen LogP contribution in [0.1, 0.15) is 48.3 Å². The Morgan fingerprint density at radius 1 is 1.37 bits per heavy atom. The zero-order chi connectivity index (χ0) is 19.6. The van der Waals surface area contributed by atoms with Gasteiger partial charge in [0.15, 0.2) is 5.16 Å². The van der Waals surface area contributed by atoms with Crippen LogP contribution < -0.4 is 10.9 Å². The lowest BCUT2D eigenvalue weighted by atomic mass is 10.1. The number of nitrogens with one attached hydrogen (secondary N) is 1. The molecule has 1 amide bonds. The molecule has 1 aromatic heterocycles. The number of amides is 1. The quantitative estimate of drug-likeness (QED) is 0.627. The number of para-hydroxylation sites is 1. The first kappa shape index (κ1) is 19.2. The number of methoxy groups -OCH3 is 1. The van der Waals surface area contributed by atoms with Crippen LogP contribution in [0.15, 0.2) is 40.3 Å². The summed E-state index contributed by atoms with van der Waals surface area (Å²) < 4.78 is 6.32. The van der Waals surface area contributed by atoms with E-state index in [0.717, 1.165) is 5.69 Å².